The minimum atomic E-state index is -3.73. The van der Waals surface area contributed by atoms with Gasteiger partial charge in [0.1, 0.15) is 0 Å². The quantitative estimate of drug-likeness (QED) is 0.814. The molecule has 1 aromatic carbocycles. The molecule has 0 aromatic heterocycles. The predicted molar refractivity (Wildman–Crippen MR) is 80.2 cm³/mol. The first kappa shape index (κ1) is 15.9. The molecule has 1 unspecified atom stereocenters. The van der Waals surface area contributed by atoms with E-state index in [9.17, 15) is 13.2 Å². The van der Waals surface area contributed by atoms with E-state index in [0.717, 1.165) is 19.4 Å². The molecule has 1 aliphatic rings. The van der Waals surface area contributed by atoms with Crippen LogP contribution in [0.15, 0.2) is 29.2 Å². The van der Waals surface area contributed by atoms with Crippen molar-refractivity contribution in [3.05, 3.63) is 29.8 Å². The Labute approximate surface area is 125 Å². The van der Waals surface area contributed by atoms with Gasteiger partial charge in [0.25, 0.3) is 0 Å². The number of piperidine rings is 1. The third kappa shape index (κ3) is 3.61. The topological polar surface area (TPSA) is 92.5 Å². The first-order valence-electron chi connectivity index (χ1n) is 6.99. The average Bonchev–Trinajstić information content (AvgIpc) is 2.45. The van der Waals surface area contributed by atoms with Crippen LogP contribution in [0.2, 0.25) is 0 Å². The van der Waals surface area contributed by atoms with Crippen LogP contribution >= 0.6 is 0 Å². The number of hydrogen-bond acceptors (Lipinski definition) is 4. The minimum Gasteiger partial charge on any atom is -0.369 e. The van der Waals surface area contributed by atoms with Gasteiger partial charge in [-0.2, -0.15) is 4.31 Å². The summed E-state index contributed by atoms with van der Waals surface area (Å²) in [6, 6.07) is 6.54. The standard InChI is InChI=1S/C14H21N3O3S/c1-11-5-2-3-7-13(11)21(19,20)17(10-14(15)18)12-6-4-8-16-9-12/h2-3,5,7,12,16H,4,6,8-10H2,1H3,(H2,15,18). The molecule has 0 aliphatic carbocycles. The van der Waals surface area contributed by atoms with Crippen LogP contribution in [-0.2, 0) is 14.8 Å². The Hall–Kier alpha value is -1.44. The fraction of sp³-hybridized carbons (Fsp3) is 0.500. The lowest BCUT2D eigenvalue weighted by atomic mass is 10.1. The summed E-state index contributed by atoms with van der Waals surface area (Å²) in [5, 5.41) is 3.17. The molecule has 1 fully saturated rings. The van der Waals surface area contributed by atoms with E-state index in [1.807, 2.05) is 0 Å². The fourth-order valence-corrected chi connectivity index (χ4v) is 4.46. The maximum absolute atomic E-state index is 12.9. The zero-order valence-corrected chi connectivity index (χ0v) is 12.9. The van der Waals surface area contributed by atoms with Crippen LogP contribution in [-0.4, -0.2) is 44.3 Å². The number of rotatable bonds is 5. The Morgan fingerprint density at radius 2 is 2.14 bits per heavy atom. The normalized spacial score (nSPS) is 19.6. The van der Waals surface area contributed by atoms with Crippen molar-refractivity contribution in [2.45, 2.75) is 30.7 Å². The van der Waals surface area contributed by atoms with E-state index in [2.05, 4.69) is 5.32 Å². The van der Waals surface area contributed by atoms with Crippen LogP contribution < -0.4 is 11.1 Å². The number of sulfonamides is 1. The van der Waals surface area contributed by atoms with E-state index in [4.69, 9.17) is 5.73 Å². The minimum absolute atomic E-state index is 0.233. The lowest BCUT2D eigenvalue weighted by Crippen LogP contribution is -2.51. The summed E-state index contributed by atoms with van der Waals surface area (Å²) in [5.41, 5.74) is 5.91. The van der Waals surface area contributed by atoms with Crippen LogP contribution in [0.5, 0.6) is 0 Å². The summed E-state index contributed by atoms with van der Waals surface area (Å²) in [5.74, 6) is -0.641. The van der Waals surface area contributed by atoms with Crippen LogP contribution in [0.1, 0.15) is 18.4 Å². The first-order chi connectivity index (χ1) is 9.93. The van der Waals surface area contributed by atoms with E-state index in [-0.39, 0.29) is 17.5 Å². The molecule has 1 aromatic rings. The fourth-order valence-electron chi connectivity index (χ4n) is 2.62. The van der Waals surface area contributed by atoms with Gasteiger partial charge in [-0.3, -0.25) is 4.79 Å². The van der Waals surface area contributed by atoms with Crippen molar-refractivity contribution in [1.29, 1.82) is 0 Å². The lowest BCUT2D eigenvalue weighted by Gasteiger charge is -2.33. The van der Waals surface area contributed by atoms with Gasteiger partial charge in [-0.15, -0.1) is 0 Å². The number of carbonyl (C=O) groups is 1. The molecule has 6 nitrogen and oxygen atoms in total. The van der Waals surface area contributed by atoms with E-state index in [1.165, 1.54) is 4.31 Å². The van der Waals surface area contributed by atoms with Crippen molar-refractivity contribution in [3.8, 4) is 0 Å². The SMILES string of the molecule is Cc1ccccc1S(=O)(=O)N(CC(N)=O)C1CCCNC1. The van der Waals surface area contributed by atoms with Crippen molar-refractivity contribution in [2.75, 3.05) is 19.6 Å². The smallest absolute Gasteiger partial charge is 0.244 e. The largest absolute Gasteiger partial charge is 0.369 e. The average molecular weight is 311 g/mol. The highest BCUT2D eigenvalue weighted by atomic mass is 32.2. The second kappa shape index (κ2) is 6.55. The third-order valence-electron chi connectivity index (χ3n) is 3.67. The van der Waals surface area contributed by atoms with E-state index in [1.54, 1.807) is 31.2 Å². The Morgan fingerprint density at radius 3 is 2.71 bits per heavy atom. The van der Waals surface area contributed by atoms with Crippen LogP contribution in [0, 0.1) is 6.92 Å². The maximum atomic E-state index is 12.9. The molecule has 3 N–H and O–H groups in total. The molecule has 1 aliphatic heterocycles. The first-order valence-corrected chi connectivity index (χ1v) is 8.43. The van der Waals surface area contributed by atoms with Gasteiger partial charge >= 0.3 is 0 Å². The lowest BCUT2D eigenvalue weighted by molar-refractivity contribution is -0.118. The van der Waals surface area contributed by atoms with Gasteiger partial charge in [0.05, 0.1) is 11.4 Å². The Balaban J connectivity index is 2.39. The second-order valence-corrected chi connectivity index (χ2v) is 7.14. The Morgan fingerprint density at radius 1 is 1.43 bits per heavy atom. The molecule has 1 heterocycles. The van der Waals surface area contributed by atoms with E-state index in [0.29, 0.717) is 12.1 Å². The number of primary amides is 1. The number of nitrogens with one attached hydrogen (secondary N) is 1. The summed E-state index contributed by atoms with van der Waals surface area (Å²) in [6.45, 7) is 2.86. The van der Waals surface area contributed by atoms with Gasteiger partial charge in [-0.1, -0.05) is 18.2 Å². The summed E-state index contributed by atoms with van der Waals surface area (Å²) >= 11 is 0. The molecule has 116 valence electrons. The van der Waals surface area contributed by atoms with Crippen molar-refractivity contribution < 1.29 is 13.2 Å². The van der Waals surface area contributed by atoms with Crippen molar-refractivity contribution >= 4 is 15.9 Å². The number of benzene rings is 1. The van der Waals surface area contributed by atoms with Crippen LogP contribution in [0.25, 0.3) is 0 Å². The van der Waals surface area contributed by atoms with Gasteiger partial charge in [0, 0.05) is 12.6 Å². The molecular weight excluding hydrogens is 290 g/mol. The molecule has 0 saturated carbocycles. The number of carbonyl (C=O) groups excluding carboxylic acids is 1. The van der Waals surface area contributed by atoms with Crippen LogP contribution in [0.4, 0.5) is 0 Å². The van der Waals surface area contributed by atoms with Gasteiger partial charge in [0.2, 0.25) is 15.9 Å². The molecule has 7 heteroatoms. The number of amides is 1. The number of nitrogens with zero attached hydrogens (tertiary/aromatic N) is 1. The molecule has 21 heavy (non-hydrogen) atoms. The highest BCUT2D eigenvalue weighted by Crippen LogP contribution is 2.23. The predicted octanol–water partition coefficient (Wildman–Crippen LogP) is 0.223. The Kier molecular flexibility index (Phi) is 4.97. The zero-order chi connectivity index (χ0) is 15.5. The zero-order valence-electron chi connectivity index (χ0n) is 12.1. The van der Waals surface area contributed by atoms with Gasteiger partial charge < -0.3 is 11.1 Å². The number of nitrogens with two attached hydrogens (primary N) is 1. The van der Waals surface area contributed by atoms with Crippen molar-refractivity contribution in [3.63, 3.8) is 0 Å². The maximum Gasteiger partial charge on any atom is 0.244 e. The summed E-state index contributed by atoms with van der Waals surface area (Å²) < 4.78 is 27.0. The van der Waals surface area contributed by atoms with E-state index < -0.39 is 15.9 Å². The van der Waals surface area contributed by atoms with Crippen molar-refractivity contribution in [2.24, 2.45) is 5.73 Å². The Bertz CT molecular complexity index is 610. The summed E-state index contributed by atoms with van der Waals surface area (Å²) in [7, 11) is -3.73. The molecule has 1 saturated heterocycles. The molecular formula is C14H21N3O3S. The highest BCUT2D eigenvalue weighted by molar-refractivity contribution is 7.89. The highest BCUT2D eigenvalue weighted by Gasteiger charge is 2.34. The van der Waals surface area contributed by atoms with Gasteiger partial charge in [-0.05, 0) is 37.9 Å². The molecule has 2 rings (SSSR count). The summed E-state index contributed by atoms with van der Waals surface area (Å²) in [6.07, 6.45) is 1.61. The second-order valence-electron chi connectivity index (χ2n) is 5.28. The molecule has 0 radical (unpaired) electrons. The monoisotopic (exact) mass is 311 g/mol. The number of hydrogen-bond donors (Lipinski definition) is 2. The third-order valence-corrected chi connectivity index (χ3v) is 5.73. The number of aryl methyl sites for hydroxylation is 1. The van der Waals surface area contributed by atoms with Crippen LogP contribution in [0.3, 0.4) is 0 Å². The summed E-state index contributed by atoms with van der Waals surface area (Å²) in [4.78, 5) is 11.5. The molecule has 1 amide bonds. The molecule has 1 atom stereocenters. The van der Waals surface area contributed by atoms with E-state index >= 15 is 0 Å². The van der Waals surface area contributed by atoms with Gasteiger partial charge in [-0.25, -0.2) is 8.42 Å². The molecule has 0 spiro atoms. The van der Waals surface area contributed by atoms with Gasteiger partial charge in [0.15, 0.2) is 0 Å². The van der Waals surface area contributed by atoms with Crippen molar-refractivity contribution in [1.82, 2.24) is 9.62 Å². The molecule has 0 bridgehead atoms.